The molecule has 31 heavy (non-hydrogen) atoms. The highest BCUT2D eigenvalue weighted by Crippen LogP contribution is 2.30. The van der Waals surface area contributed by atoms with E-state index in [1.165, 1.54) is 0 Å². The van der Waals surface area contributed by atoms with Gasteiger partial charge >= 0.3 is 5.97 Å². The van der Waals surface area contributed by atoms with Crippen LogP contribution in [0.1, 0.15) is 23.6 Å². The second-order valence-corrected chi connectivity index (χ2v) is 7.96. The summed E-state index contributed by atoms with van der Waals surface area (Å²) in [6, 6.07) is 24.3. The highest BCUT2D eigenvalue weighted by atomic mass is 32.2. The second-order valence-electron chi connectivity index (χ2n) is 6.87. The van der Waals surface area contributed by atoms with E-state index >= 15 is 0 Å². The predicted octanol–water partition coefficient (Wildman–Crippen LogP) is 6.08. The Morgan fingerprint density at radius 3 is 2.45 bits per heavy atom. The van der Waals surface area contributed by atoms with Gasteiger partial charge in [-0.2, -0.15) is 0 Å². The van der Waals surface area contributed by atoms with E-state index < -0.39 is 5.97 Å². The zero-order valence-corrected chi connectivity index (χ0v) is 18.5. The Kier molecular flexibility index (Phi) is 8.19. The monoisotopic (exact) mass is 434 g/mol. The van der Waals surface area contributed by atoms with Crippen molar-refractivity contribution in [3.05, 3.63) is 95.6 Å². The van der Waals surface area contributed by atoms with Crippen molar-refractivity contribution in [1.29, 1.82) is 0 Å². The van der Waals surface area contributed by atoms with Crippen molar-refractivity contribution in [2.45, 2.75) is 18.7 Å². The van der Waals surface area contributed by atoms with Crippen LogP contribution in [0.3, 0.4) is 0 Å². The third-order valence-electron chi connectivity index (χ3n) is 4.58. The molecule has 0 saturated carbocycles. The molecule has 0 aliphatic heterocycles. The Bertz CT molecular complexity index is 1040. The minimum absolute atomic E-state index is 0.336. The van der Waals surface area contributed by atoms with Gasteiger partial charge in [0.2, 0.25) is 0 Å². The van der Waals surface area contributed by atoms with Gasteiger partial charge in [-0.1, -0.05) is 48.5 Å². The van der Waals surface area contributed by atoms with Crippen molar-refractivity contribution in [3.63, 3.8) is 0 Å². The molecule has 0 aliphatic carbocycles. The number of rotatable bonds is 10. The van der Waals surface area contributed by atoms with E-state index in [1.54, 1.807) is 11.8 Å². The Hall–Kier alpha value is -3.18. The smallest absolute Gasteiger partial charge is 0.341 e. The van der Waals surface area contributed by atoms with Crippen molar-refractivity contribution in [2.24, 2.45) is 0 Å². The summed E-state index contributed by atoms with van der Waals surface area (Å²) in [4.78, 5) is 11.8. The maximum absolute atomic E-state index is 10.7. The van der Waals surface area contributed by atoms with Crippen LogP contribution in [0, 0.1) is 6.92 Å². The lowest BCUT2D eigenvalue weighted by Gasteiger charge is -2.12. The first-order valence-electron chi connectivity index (χ1n) is 10.1. The van der Waals surface area contributed by atoms with Gasteiger partial charge in [0.15, 0.2) is 6.61 Å². The average molecular weight is 435 g/mol. The summed E-state index contributed by atoms with van der Waals surface area (Å²) in [6.07, 6.45) is 2.23. The molecule has 0 atom stereocenters. The predicted molar refractivity (Wildman–Crippen MR) is 126 cm³/mol. The summed E-state index contributed by atoms with van der Waals surface area (Å²) in [5.74, 6) is 1.27. The zero-order chi connectivity index (χ0) is 22.1. The molecule has 0 spiro atoms. The fourth-order valence-corrected chi connectivity index (χ4v) is 4.04. The van der Waals surface area contributed by atoms with Crippen LogP contribution in [-0.2, 0) is 4.79 Å². The average Bonchev–Trinajstić information content (AvgIpc) is 2.77. The minimum atomic E-state index is -0.982. The van der Waals surface area contributed by atoms with Gasteiger partial charge in [-0.3, -0.25) is 0 Å². The molecule has 4 nitrogen and oxygen atoms in total. The Morgan fingerprint density at radius 2 is 1.74 bits per heavy atom. The molecule has 3 aromatic carbocycles. The third-order valence-corrected chi connectivity index (χ3v) is 5.50. The van der Waals surface area contributed by atoms with Crippen molar-refractivity contribution in [1.82, 2.24) is 0 Å². The van der Waals surface area contributed by atoms with Gasteiger partial charge in [-0.15, -0.1) is 11.8 Å². The van der Waals surface area contributed by atoms with Gasteiger partial charge in [0.05, 0.1) is 6.61 Å². The van der Waals surface area contributed by atoms with Gasteiger partial charge in [-0.05, 0) is 66.4 Å². The van der Waals surface area contributed by atoms with Crippen LogP contribution >= 0.6 is 11.8 Å². The number of hydrogen-bond donors (Lipinski definition) is 1. The van der Waals surface area contributed by atoms with Crippen LogP contribution in [0.5, 0.6) is 11.5 Å². The van der Waals surface area contributed by atoms with E-state index in [0.29, 0.717) is 12.4 Å². The molecule has 160 valence electrons. The number of carboxylic acid groups (broad SMARTS) is 1. The first-order valence-corrected chi connectivity index (χ1v) is 11.1. The minimum Gasteiger partial charge on any atom is -0.494 e. The van der Waals surface area contributed by atoms with Crippen LogP contribution in [0.15, 0.2) is 83.8 Å². The van der Waals surface area contributed by atoms with Crippen LogP contribution in [0.2, 0.25) is 0 Å². The molecule has 0 heterocycles. The summed E-state index contributed by atoms with van der Waals surface area (Å²) in [6.45, 7) is 4.20. The van der Waals surface area contributed by atoms with Crippen molar-refractivity contribution < 1.29 is 19.4 Å². The van der Waals surface area contributed by atoms with Gasteiger partial charge in [0.1, 0.15) is 11.5 Å². The third kappa shape index (κ3) is 6.66. The molecule has 3 rings (SSSR count). The van der Waals surface area contributed by atoms with Crippen molar-refractivity contribution in [3.8, 4) is 11.5 Å². The van der Waals surface area contributed by atoms with Gasteiger partial charge in [-0.25, -0.2) is 4.79 Å². The topological polar surface area (TPSA) is 55.8 Å². The molecule has 0 radical (unpaired) electrons. The normalized spacial score (nSPS) is 11.2. The highest BCUT2D eigenvalue weighted by Gasteiger charge is 2.08. The fraction of sp³-hybridized carbons (Fsp3) is 0.192. The summed E-state index contributed by atoms with van der Waals surface area (Å²) in [7, 11) is 0. The number of aryl methyl sites for hydroxylation is 1. The number of benzene rings is 3. The summed E-state index contributed by atoms with van der Waals surface area (Å²) in [5.41, 5.74) is 4.35. The molecular weight excluding hydrogens is 408 g/mol. The fourth-order valence-electron chi connectivity index (χ4n) is 3.17. The van der Waals surface area contributed by atoms with E-state index in [0.717, 1.165) is 38.7 Å². The number of carbonyl (C=O) groups is 1. The lowest BCUT2D eigenvalue weighted by atomic mass is 9.98. The van der Waals surface area contributed by atoms with Gasteiger partial charge in [0, 0.05) is 10.6 Å². The Balaban J connectivity index is 1.78. The summed E-state index contributed by atoms with van der Waals surface area (Å²) >= 11 is 1.72. The number of carboxylic acids is 1. The largest absolute Gasteiger partial charge is 0.494 e. The number of ether oxygens (including phenoxy) is 2. The lowest BCUT2D eigenvalue weighted by Crippen LogP contribution is -2.09. The second kappa shape index (κ2) is 11.3. The van der Waals surface area contributed by atoms with Crippen LogP contribution in [0.4, 0.5) is 0 Å². The van der Waals surface area contributed by atoms with Gasteiger partial charge in [0.25, 0.3) is 0 Å². The molecule has 0 unspecified atom stereocenters. The molecular formula is C26H26O4S. The van der Waals surface area contributed by atoms with E-state index in [-0.39, 0.29) is 6.61 Å². The highest BCUT2D eigenvalue weighted by molar-refractivity contribution is 7.99. The molecule has 0 aliphatic rings. The standard InChI is InChI=1S/C26H26O4S/c1-3-29-22-11-7-10-21(17-22)24(20-8-5-4-6-9-20)14-15-31-23-12-13-25(19(2)16-23)30-18-26(27)28/h4-14,16-17H,3,15,18H2,1-2H3,(H,27,28). The quantitative estimate of drug-likeness (QED) is 0.392. The Labute approximate surface area is 187 Å². The molecule has 0 saturated heterocycles. The van der Waals surface area contributed by atoms with Crippen LogP contribution < -0.4 is 9.47 Å². The van der Waals surface area contributed by atoms with E-state index in [1.807, 2.05) is 62.4 Å². The van der Waals surface area contributed by atoms with Crippen molar-refractivity contribution in [2.75, 3.05) is 19.0 Å². The first kappa shape index (κ1) is 22.5. The number of thioether (sulfide) groups is 1. The molecule has 0 bridgehead atoms. The van der Waals surface area contributed by atoms with Gasteiger partial charge < -0.3 is 14.6 Å². The molecule has 5 heteroatoms. The molecule has 3 aromatic rings. The SMILES string of the molecule is CCOc1cccc(C(=CCSc2ccc(OCC(=O)O)c(C)c2)c2ccccc2)c1. The van der Waals surface area contributed by atoms with E-state index in [4.69, 9.17) is 14.6 Å². The van der Waals surface area contributed by atoms with Crippen LogP contribution in [-0.4, -0.2) is 30.0 Å². The lowest BCUT2D eigenvalue weighted by molar-refractivity contribution is -0.139. The maximum atomic E-state index is 10.7. The molecule has 1 N–H and O–H groups in total. The summed E-state index contributed by atoms with van der Waals surface area (Å²) < 4.78 is 11.0. The Morgan fingerprint density at radius 1 is 0.968 bits per heavy atom. The maximum Gasteiger partial charge on any atom is 0.341 e. The zero-order valence-electron chi connectivity index (χ0n) is 17.7. The first-order chi connectivity index (χ1) is 15.1. The van der Waals surface area contributed by atoms with E-state index in [2.05, 4.69) is 30.3 Å². The van der Waals surface area contributed by atoms with E-state index in [9.17, 15) is 4.79 Å². The molecule has 0 amide bonds. The number of aliphatic carboxylic acids is 1. The molecule has 0 fully saturated rings. The summed E-state index contributed by atoms with van der Waals surface area (Å²) in [5, 5.41) is 8.78. The van der Waals surface area contributed by atoms with Crippen LogP contribution in [0.25, 0.3) is 5.57 Å². The van der Waals surface area contributed by atoms with Crippen molar-refractivity contribution >= 4 is 23.3 Å². The number of hydrogen-bond acceptors (Lipinski definition) is 4. The molecule has 0 aromatic heterocycles.